The zero-order valence-electron chi connectivity index (χ0n) is 14.6. The third-order valence-corrected chi connectivity index (χ3v) is 4.33. The number of amides is 2. The average Bonchev–Trinajstić information content (AvgIpc) is 2.63. The molecular formula is C19H20Cl2N2O3. The monoisotopic (exact) mass is 394 g/mol. The van der Waals surface area contributed by atoms with Crippen LogP contribution in [0.25, 0.3) is 0 Å². The molecule has 26 heavy (non-hydrogen) atoms. The predicted octanol–water partition coefficient (Wildman–Crippen LogP) is 4.03. The van der Waals surface area contributed by atoms with E-state index < -0.39 is 5.91 Å². The van der Waals surface area contributed by atoms with Crippen molar-refractivity contribution in [3.8, 4) is 5.75 Å². The number of anilines is 1. The Kier molecular flexibility index (Phi) is 7.30. The first kappa shape index (κ1) is 20.1. The molecule has 0 unspecified atom stereocenters. The molecule has 2 amide bonds. The van der Waals surface area contributed by atoms with Crippen molar-refractivity contribution < 1.29 is 14.3 Å². The Balaban J connectivity index is 1.87. The van der Waals surface area contributed by atoms with E-state index in [1.807, 2.05) is 25.1 Å². The van der Waals surface area contributed by atoms with Gasteiger partial charge in [0.1, 0.15) is 5.75 Å². The summed E-state index contributed by atoms with van der Waals surface area (Å²) >= 11 is 12.0. The second kappa shape index (κ2) is 9.46. The highest BCUT2D eigenvalue weighted by molar-refractivity contribution is 6.39. The Hall–Kier alpha value is -2.24. The number of halogens is 2. The highest BCUT2D eigenvalue weighted by Crippen LogP contribution is 2.29. The van der Waals surface area contributed by atoms with E-state index in [4.69, 9.17) is 27.9 Å². The number of likely N-dealkylation sites (N-methyl/N-ethyl adjacent to an activating group) is 1. The molecule has 2 aromatic rings. The van der Waals surface area contributed by atoms with Gasteiger partial charge in [0.25, 0.3) is 5.91 Å². The molecule has 0 heterocycles. The molecule has 5 nitrogen and oxygen atoms in total. The lowest BCUT2D eigenvalue weighted by Gasteiger charge is -2.18. The molecule has 1 N–H and O–H groups in total. The zero-order chi connectivity index (χ0) is 19.1. The van der Waals surface area contributed by atoms with Gasteiger partial charge in [0.2, 0.25) is 5.91 Å². The van der Waals surface area contributed by atoms with Crippen LogP contribution < -0.4 is 10.1 Å². The first-order valence-corrected chi connectivity index (χ1v) is 8.86. The molecule has 2 aromatic carbocycles. The number of nitrogens with one attached hydrogen (secondary N) is 1. The lowest BCUT2D eigenvalue weighted by molar-refractivity contribution is -0.135. The molecule has 0 bridgehead atoms. The molecule has 0 aliphatic carbocycles. The van der Waals surface area contributed by atoms with Crippen LogP contribution in [0.3, 0.4) is 0 Å². The molecule has 0 aliphatic heterocycles. The number of carbonyl (C=O) groups excluding carboxylic acids is 2. The van der Waals surface area contributed by atoms with Crippen molar-refractivity contribution >= 4 is 40.7 Å². The van der Waals surface area contributed by atoms with Crippen LogP contribution in [0.5, 0.6) is 5.75 Å². The van der Waals surface area contributed by atoms with Crippen LogP contribution in [-0.4, -0.2) is 36.9 Å². The highest BCUT2D eigenvalue weighted by atomic mass is 35.5. The fraction of sp³-hybridized carbons (Fsp3) is 0.263. The van der Waals surface area contributed by atoms with Crippen molar-refractivity contribution in [2.45, 2.75) is 13.3 Å². The number of carbonyl (C=O) groups is 2. The van der Waals surface area contributed by atoms with E-state index in [1.54, 1.807) is 24.3 Å². The Morgan fingerprint density at radius 1 is 1.12 bits per heavy atom. The van der Waals surface area contributed by atoms with Gasteiger partial charge in [0.05, 0.1) is 22.3 Å². The van der Waals surface area contributed by atoms with E-state index in [9.17, 15) is 9.59 Å². The molecule has 138 valence electrons. The second-order valence-electron chi connectivity index (χ2n) is 5.68. The van der Waals surface area contributed by atoms with Gasteiger partial charge in [0.15, 0.2) is 6.61 Å². The van der Waals surface area contributed by atoms with E-state index in [-0.39, 0.29) is 19.1 Å². The Bertz CT molecular complexity index is 776. The third kappa shape index (κ3) is 5.64. The third-order valence-electron chi connectivity index (χ3n) is 3.70. The van der Waals surface area contributed by atoms with Crippen molar-refractivity contribution in [2.24, 2.45) is 0 Å². The normalized spacial score (nSPS) is 10.3. The molecule has 2 rings (SSSR count). The molecular weight excluding hydrogens is 375 g/mol. The zero-order valence-corrected chi connectivity index (χ0v) is 16.1. The number of benzene rings is 2. The maximum atomic E-state index is 12.2. The van der Waals surface area contributed by atoms with Crippen LogP contribution in [-0.2, 0) is 16.0 Å². The van der Waals surface area contributed by atoms with E-state index in [2.05, 4.69) is 5.32 Å². The number of para-hydroxylation sites is 1. The van der Waals surface area contributed by atoms with Crippen molar-refractivity contribution in [1.29, 1.82) is 0 Å². The summed E-state index contributed by atoms with van der Waals surface area (Å²) in [6.45, 7) is 1.75. The Morgan fingerprint density at radius 2 is 1.77 bits per heavy atom. The van der Waals surface area contributed by atoms with E-state index in [1.165, 1.54) is 11.9 Å². The van der Waals surface area contributed by atoms with Gasteiger partial charge in [-0.05, 0) is 36.2 Å². The Labute approximate surface area is 162 Å². The van der Waals surface area contributed by atoms with Crippen LogP contribution in [0.4, 0.5) is 5.69 Å². The van der Waals surface area contributed by atoms with Gasteiger partial charge in [-0.25, -0.2) is 0 Å². The lowest BCUT2D eigenvalue weighted by Crippen LogP contribution is -2.37. The molecule has 0 saturated carbocycles. The first-order valence-electron chi connectivity index (χ1n) is 8.10. The molecule has 0 saturated heterocycles. The molecule has 7 heteroatoms. The fourth-order valence-electron chi connectivity index (χ4n) is 2.21. The van der Waals surface area contributed by atoms with Gasteiger partial charge >= 0.3 is 0 Å². The van der Waals surface area contributed by atoms with Crippen molar-refractivity contribution in [3.63, 3.8) is 0 Å². The SMILES string of the molecule is CCc1cccc(OCC(=O)N(C)CC(=O)Nc2c(Cl)cccc2Cl)c1. The molecule has 0 spiro atoms. The summed E-state index contributed by atoms with van der Waals surface area (Å²) in [7, 11) is 1.53. The first-order chi connectivity index (χ1) is 12.4. The van der Waals surface area contributed by atoms with E-state index >= 15 is 0 Å². The smallest absolute Gasteiger partial charge is 0.260 e. The largest absolute Gasteiger partial charge is 0.484 e. The van der Waals surface area contributed by atoms with Crippen molar-refractivity contribution in [3.05, 3.63) is 58.1 Å². The number of nitrogens with zero attached hydrogens (tertiary/aromatic N) is 1. The summed E-state index contributed by atoms with van der Waals surface area (Å²) in [5.74, 6) is -0.0884. The minimum Gasteiger partial charge on any atom is -0.484 e. The van der Waals surface area contributed by atoms with Crippen LogP contribution in [0.15, 0.2) is 42.5 Å². The van der Waals surface area contributed by atoms with Gasteiger partial charge in [0, 0.05) is 7.05 Å². The summed E-state index contributed by atoms with van der Waals surface area (Å²) in [6, 6.07) is 12.5. The summed E-state index contributed by atoms with van der Waals surface area (Å²) in [4.78, 5) is 25.6. The van der Waals surface area contributed by atoms with Crippen LogP contribution in [0, 0.1) is 0 Å². The average molecular weight is 395 g/mol. The quantitative estimate of drug-likeness (QED) is 0.770. The van der Waals surface area contributed by atoms with E-state index in [0.29, 0.717) is 21.5 Å². The number of ether oxygens (including phenoxy) is 1. The number of aryl methyl sites for hydroxylation is 1. The van der Waals surface area contributed by atoms with Gasteiger partial charge in [-0.2, -0.15) is 0 Å². The van der Waals surface area contributed by atoms with Gasteiger partial charge in [-0.15, -0.1) is 0 Å². The lowest BCUT2D eigenvalue weighted by atomic mass is 10.2. The summed E-state index contributed by atoms with van der Waals surface area (Å²) in [5.41, 5.74) is 1.45. The number of hydrogen-bond acceptors (Lipinski definition) is 3. The van der Waals surface area contributed by atoms with Crippen LogP contribution in [0.1, 0.15) is 12.5 Å². The summed E-state index contributed by atoms with van der Waals surface area (Å²) in [5, 5.41) is 3.28. The summed E-state index contributed by atoms with van der Waals surface area (Å²) in [6.07, 6.45) is 0.885. The number of rotatable bonds is 7. The van der Waals surface area contributed by atoms with Crippen molar-refractivity contribution in [1.82, 2.24) is 4.90 Å². The minimum atomic E-state index is -0.399. The van der Waals surface area contributed by atoms with Gasteiger partial charge in [-0.1, -0.05) is 48.3 Å². The minimum absolute atomic E-state index is 0.140. The standard InChI is InChI=1S/C19H20Cl2N2O3/c1-3-13-6-4-7-14(10-13)26-12-18(25)23(2)11-17(24)22-19-15(20)8-5-9-16(19)21/h4-10H,3,11-12H2,1-2H3,(H,22,24). The molecule has 0 atom stereocenters. The Morgan fingerprint density at radius 3 is 2.42 bits per heavy atom. The van der Waals surface area contributed by atoms with E-state index in [0.717, 1.165) is 12.0 Å². The summed E-state index contributed by atoms with van der Waals surface area (Å²) < 4.78 is 5.50. The predicted molar refractivity (Wildman–Crippen MR) is 104 cm³/mol. The highest BCUT2D eigenvalue weighted by Gasteiger charge is 2.16. The van der Waals surface area contributed by atoms with Crippen LogP contribution in [0.2, 0.25) is 10.0 Å². The maximum Gasteiger partial charge on any atom is 0.260 e. The van der Waals surface area contributed by atoms with Crippen molar-refractivity contribution in [2.75, 3.05) is 25.5 Å². The van der Waals surface area contributed by atoms with Gasteiger partial charge in [-0.3, -0.25) is 9.59 Å². The molecule has 0 fully saturated rings. The molecule has 0 radical (unpaired) electrons. The second-order valence-corrected chi connectivity index (χ2v) is 6.50. The molecule has 0 aliphatic rings. The fourth-order valence-corrected chi connectivity index (χ4v) is 2.70. The number of hydrogen-bond donors (Lipinski definition) is 1. The maximum absolute atomic E-state index is 12.2. The topological polar surface area (TPSA) is 58.6 Å². The van der Waals surface area contributed by atoms with Gasteiger partial charge < -0.3 is 15.0 Å². The molecule has 0 aromatic heterocycles. The van der Waals surface area contributed by atoms with Crippen LogP contribution >= 0.6 is 23.2 Å².